The summed E-state index contributed by atoms with van der Waals surface area (Å²) in [7, 11) is 0. The third kappa shape index (κ3) is 5.15. The van der Waals surface area contributed by atoms with E-state index in [4.69, 9.17) is 0 Å². The predicted molar refractivity (Wildman–Crippen MR) is 261 cm³/mol. The van der Waals surface area contributed by atoms with Gasteiger partial charge in [-0.05, 0) is 146 Å². The molecule has 0 heterocycles. The molecule has 0 unspecified atom stereocenters. The lowest BCUT2D eigenvalue weighted by Crippen LogP contribution is -2.41. The van der Waals surface area contributed by atoms with Gasteiger partial charge in [0, 0.05) is 27.8 Å². The first-order valence-corrected chi connectivity index (χ1v) is 22.6. The molecule has 0 amide bonds. The van der Waals surface area contributed by atoms with Gasteiger partial charge in [-0.1, -0.05) is 179 Å². The molecule has 0 radical (unpaired) electrons. The van der Waals surface area contributed by atoms with Crippen molar-refractivity contribution in [2.45, 2.75) is 69.6 Å². The van der Waals surface area contributed by atoms with Gasteiger partial charge in [0.05, 0.1) is 11.1 Å². The van der Waals surface area contributed by atoms with E-state index in [1.165, 1.54) is 106 Å². The van der Waals surface area contributed by atoms with Crippen molar-refractivity contribution in [2.24, 2.45) is 0 Å². The zero-order valence-electron chi connectivity index (χ0n) is 36.2. The highest BCUT2D eigenvalue weighted by molar-refractivity contribution is 5.96. The summed E-state index contributed by atoms with van der Waals surface area (Å²) >= 11 is 0. The molecule has 5 aliphatic carbocycles. The van der Waals surface area contributed by atoms with Crippen LogP contribution in [-0.4, -0.2) is 0 Å². The number of hydrogen-bond donors (Lipinski definition) is 0. The first-order chi connectivity index (χ1) is 30.3. The molecule has 0 saturated carbocycles. The maximum absolute atomic E-state index is 2.58. The van der Waals surface area contributed by atoms with E-state index in [0.29, 0.717) is 0 Å². The van der Waals surface area contributed by atoms with Gasteiger partial charge < -0.3 is 4.90 Å². The van der Waals surface area contributed by atoms with Crippen molar-refractivity contribution in [3.8, 4) is 22.3 Å². The van der Waals surface area contributed by atoms with Gasteiger partial charge in [-0.25, -0.2) is 0 Å². The SMILES string of the molecule is CC1(C)c2ccccc2-c2ccc(N(c3ccc4c(c3)C3(C5=C4C=CCC5)c4ccccc4C(C)(C)c4ccccc43)c3ccc(-c4ccccc4)cc3C3=CCCC=C3)cc21. The van der Waals surface area contributed by atoms with Crippen LogP contribution in [-0.2, 0) is 16.2 Å². The average molecular weight is 798 g/mol. The lowest BCUT2D eigenvalue weighted by molar-refractivity contribution is 0.550. The van der Waals surface area contributed by atoms with E-state index in [-0.39, 0.29) is 10.8 Å². The Morgan fingerprint density at radius 3 is 1.73 bits per heavy atom. The van der Waals surface area contributed by atoms with E-state index < -0.39 is 5.41 Å². The molecular weight excluding hydrogens is 747 g/mol. The Morgan fingerprint density at radius 2 is 1.02 bits per heavy atom. The minimum atomic E-state index is -0.407. The van der Waals surface area contributed by atoms with Gasteiger partial charge in [0.2, 0.25) is 0 Å². The van der Waals surface area contributed by atoms with E-state index >= 15 is 0 Å². The topological polar surface area (TPSA) is 3.24 Å². The predicted octanol–water partition coefficient (Wildman–Crippen LogP) is 16.0. The molecule has 0 saturated heterocycles. The largest absolute Gasteiger partial charge is 0.310 e. The molecule has 0 N–H and O–H groups in total. The van der Waals surface area contributed by atoms with Crippen molar-refractivity contribution < 1.29 is 0 Å². The molecule has 0 bridgehead atoms. The molecule has 1 heteroatoms. The smallest absolute Gasteiger partial charge is 0.0683 e. The van der Waals surface area contributed by atoms with Gasteiger partial charge in [-0.2, -0.15) is 0 Å². The van der Waals surface area contributed by atoms with Gasteiger partial charge >= 0.3 is 0 Å². The number of nitrogens with zero attached hydrogens (tertiary/aromatic N) is 1. The van der Waals surface area contributed by atoms with Gasteiger partial charge in [0.25, 0.3) is 0 Å². The Balaban J connectivity index is 1.15. The number of anilines is 3. The minimum Gasteiger partial charge on any atom is -0.310 e. The normalized spacial score (nSPS) is 17.7. The standard InChI is InChI=1S/C61H51N/c1-59(2)50-25-13-11-23-45(50)47-34-32-43(38-56(47)59)62(58-36-31-42(40-19-7-5-8-20-40)37-49(58)41-21-9-6-10-22-41)44-33-35-48-46-24-12-14-26-51(46)61(57(48)39-44)54-29-17-15-27-52(54)60(3,4)53-28-16-18-30-55(53)61/h5,7-9,11-13,15-25,27-39H,6,10,14,26H2,1-4H3. The Labute approximate surface area is 367 Å². The maximum Gasteiger partial charge on any atom is 0.0683 e. The lowest BCUT2D eigenvalue weighted by Gasteiger charge is -2.48. The van der Waals surface area contributed by atoms with Crippen molar-refractivity contribution in [1.29, 1.82) is 0 Å². The molecule has 0 aliphatic heterocycles. The van der Waals surface area contributed by atoms with Crippen molar-refractivity contribution >= 4 is 28.2 Å². The molecular formula is C61H51N. The zero-order valence-corrected chi connectivity index (χ0v) is 36.2. The fraction of sp³-hybridized carbons (Fsp3) is 0.180. The van der Waals surface area contributed by atoms with Crippen molar-refractivity contribution in [3.05, 3.63) is 244 Å². The van der Waals surface area contributed by atoms with E-state index in [1.807, 2.05) is 0 Å². The van der Waals surface area contributed by atoms with E-state index in [9.17, 15) is 0 Å². The molecule has 300 valence electrons. The second kappa shape index (κ2) is 13.7. The van der Waals surface area contributed by atoms with E-state index in [1.54, 1.807) is 0 Å². The summed E-state index contributed by atoms with van der Waals surface area (Å²) in [6.07, 6.45) is 16.1. The van der Waals surface area contributed by atoms with Crippen LogP contribution in [0.15, 0.2) is 194 Å². The van der Waals surface area contributed by atoms with Crippen LogP contribution in [0, 0.1) is 0 Å². The lowest BCUT2D eigenvalue weighted by atomic mass is 9.54. The fourth-order valence-corrected chi connectivity index (χ4v) is 12.1. The molecule has 1 spiro atoms. The van der Waals surface area contributed by atoms with Crippen molar-refractivity contribution in [1.82, 2.24) is 0 Å². The monoisotopic (exact) mass is 797 g/mol. The third-order valence-electron chi connectivity index (χ3n) is 15.1. The molecule has 0 fully saturated rings. The number of allylic oxidation sites excluding steroid dienone is 8. The third-order valence-corrected chi connectivity index (χ3v) is 15.1. The van der Waals surface area contributed by atoms with Crippen LogP contribution in [0.5, 0.6) is 0 Å². The van der Waals surface area contributed by atoms with Crippen LogP contribution in [0.25, 0.3) is 33.4 Å². The van der Waals surface area contributed by atoms with Crippen LogP contribution in [0.3, 0.4) is 0 Å². The van der Waals surface area contributed by atoms with Crippen LogP contribution in [0.2, 0.25) is 0 Å². The number of fused-ring (bicyclic) bond motifs is 11. The number of benzene rings is 7. The molecule has 7 aromatic rings. The van der Waals surface area contributed by atoms with Gasteiger partial charge in [0.1, 0.15) is 0 Å². The number of rotatable bonds is 5. The summed E-state index contributed by atoms with van der Waals surface area (Å²) in [5.41, 5.74) is 24.7. The second-order valence-electron chi connectivity index (χ2n) is 19.0. The quantitative estimate of drug-likeness (QED) is 0.168. The van der Waals surface area contributed by atoms with E-state index in [0.717, 1.165) is 25.7 Å². The molecule has 0 aromatic heterocycles. The molecule has 62 heavy (non-hydrogen) atoms. The Hall–Kier alpha value is -6.70. The highest BCUT2D eigenvalue weighted by Crippen LogP contribution is 2.63. The summed E-state index contributed by atoms with van der Waals surface area (Å²) < 4.78 is 0. The number of hydrogen-bond acceptors (Lipinski definition) is 1. The van der Waals surface area contributed by atoms with Crippen molar-refractivity contribution in [3.63, 3.8) is 0 Å². The van der Waals surface area contributed by atoms with Gasteiger partial charge in [0.15, 0.2) is 0 Å². The van der Waals surface area contributed by atoms with Crippen LogP contribution >= 0.6 is 0 Å². The summed E-state index contributed by atoms with van der Waals surface area (Å²) in [6, 6.07) is 60.4. The fourth-order valence-electron chi connectivity index (χ4n) is 12.1. The zero-order chi connectivity index (χ0) is 41.8. The molecule has 1 nitrogen and oxygen atoms in total. The second-order valence-corrected chi connectivity index (χ2v) is 19.0. The van der Waals surface area contributed by atoms with Gasteiger partial charge in [-0.15, -0.1) is 0 Å². The van der Waals surface area contributed by atoms with Crippen LogP contribution < -0.4 is 4.90 Å². The summed E-state index contributed by atoms with van der Waals surface area (Å²) in [5, 5.41) is 0. The highest BCUT2D eigenvalue weighted by atomic mass is 15.1. The Kier molecular flexibility index (Phi) is 8.17. The van der Waals surface area contributed by atoms with Gasteiger partial charge in [-0.3, -0.25) is 0 Å². The summed E-state index contributed by atoms with van der Waals surface area (Å²) in [6.45, 7) is 9.63. The highest BCUT2D eigenvalue weighted by Gasteiger charge is 2.54. The average Bonchev–Trinajstić information content (AvgIpc) is 3.74. The van der Waals surface area contributed by atoms with Crippen LogP contribution in [0.4, 0.5) is 17.1 Å². The van der Waals surface area contributed by atoms with E-state index in [2.05, 4.69) is 221 Å². The Morgan fingerprint density at radius 1 is 0.419 bits per heavy atom. The minimum absolute atomic E-state index is 0.137. The maximum atomic E-state index is 2.58. The first kappa shape index (κ1) is 37.1. The van der Waals surface area contributed by atoms with Crippen molar-refractivity contribution in [2.75, 3.05) is 4.90 Å². The molecule has 5 aliphatic rings. The summed E-state index contributed by atoms with van der Waals surface area (Å²) in [4.78, 5) is 2.58. The van der Waals surface area contributed by atoms with Crippen LogP contribution in [0.1, 0.15) is 103 Å². The summed E-state index contributed by atoms with van der Waals surface area (Å²) in [5.74, 6) is 0. The molecule has 12 rings (SSSR count). The first-order valence-electron chi connectivity index (χ1n) is 22.6. The molecule has 7 aromatic carbocycles. The Bertz CT molecular complexity index is 3080. The molecule has 0 atom stereocenters.